The van der Waals surface area contributed by atoms with E-state index in [1.165, 1.54) is 38.5 Å². The van der Waals surface area contributed by atoms with Crippen LogP contribution in [0, 0.1) is 11.3 Å². The molecule has 2 nitrogen and oxygen atoms in total. The van der Waals surface area contributed by atoms with Crippen molar-refractivity contribution in [3.8, 4) is 0 Å². The molecule has 0 radical (unpaired) electrons. The summed E-state index contributed by atoms with van der Waals surface area (Å²) >= 11 is 0. The molecule has 1 heterocycles. The molecule has 1 unspecified atom stereocenters. The highest BCUT2D eigenvalue weighted by Crippen LogP contribution is 2.34. The maximum absolute atomic E-state index is 5.86. The first kappa shape index (κ1) is 15.0. The summed E-state index contributed by atoms with van der Waals surface area (Å²) in [5.41, 5.74) is 0.450. The van der Waals surface area contributed by atoms with Crippen molar-refractivity contribution in [3.05, 3.63) is 0 Å². The van der Waals surface area contributed by atoms with Crippen LogP contribution in [0.1, 0.15) is 59.3 Å². The first-order chi connectivity index (χ1) is 8.26. The second kappa shape index (κ2) is 8.10. The fraction of sp³-hybridized carbons (Fsp3) is 1.00. The topological polar surface area (TPSA) is 18.5 Å². The zero-order valence-corrected chi connectivity index (χ0v) is 12.0. The molecule has 1 fully saturated rings. The van der Waals surface area contributed by atoms with E-state index in [-0.39, 0.29) is 0 Å². The Morgan fingerprint density at radius 1 is 1.24 bits per heavy atom. The van der Waals surface area contributed by atoms with Gasteiger partial charge >= 0.3 is 0 Å². The SMILES string of the molecule is CCCCC(CC)COCCC1(CC)COC1. The predicted octanol–water partition coefficient (Wildman–Crippen LogP) is 4.04. The summed E-state index contributed by atoms with van der Waals surface area (Å²) in [6, 6.07) is 0. The lowest BCUT2D eigenvalue weighted by molar-refractivity contribution is -0.128. The van der Waals surface area contributed by atoms with E-state index in [9.17, 15) is 0 Å². The monoisotopic (exact) mass is 242 g/mol. The summed E-state index contributed by atoms with van der Waals surface area (Å²) in [6.45, 7) is 10.6. The van der Waals surface area contributed by atoms with Crippen LogP contribution in [0.25, 0.3) is 0 Å². The van der Waals surface area contributed by atoms with Gasteiger partial charge in [-0.25, -0.2) is 0 Å². The first-order valence-corrected chi connectivity index (χ1v) is 7.41. The van der Waals surface area contributed by atoms with Crippen LogP contribution >= 0.6 is 0 Å². The van der Waals surface area contributed by atoms with Gasteiger partial charge in [-0.05, 0) is 25.2 Å². The van der Waals surface area contributed by atoms with Crippen LogP contribution < -0.4 is 0 Å². The minimum atomic E-state index is 0.450. The van der Waals surface area contributed by atoms with Crippen molar-refractivity contribution < 1.29 is 9.47 Å². The van der Waals surface area contributed by atoms with Crippen LogP contribution in [-0.4, -0.2) is 26.4 Å². The molecule has 0 amide bonds. The maximum Gasteiger partial charge on any atom is 0.0545 e. The molecule has 0 aromatic heterocycles. The molecule has 0 saturated carbocycles. The molecule has 0 aromatic carbocycles. The Morgan fingerprint density at radius 2 is 2.00 bits per heavy atom. The molecule has 1 saturated heterocycles. The fourth-order valence-electron chi connectivity index (χ4n) is 2.35. The van der Waals surface area contributed by atoms with Crippen LogP contribution in [0.2, 0.25) is 0 Å². The van der Waals surface area contributed by atoms with Crippen molar-refractivity contribution in [2.24, 2.45) is 11.3 Å². The Balaban J connectivity index is 2.05. The summed E-state index contributed by atoms with van der Waals surface area (Å²) in [7, 11) is 0. The maximum atomic E-state index is 5.86. The lowest BCUT2D eigenvalue weighted by atomic mass is 9.80. The molecule has 0 aromatic rings. The van der Waals surface area contributed by atoms with Gasteiger partial charge in [-0.3, -0.25) is 0 Å². The minimum absolute atomic E-state index is 0.450. The molecule has 102 valence electrons. The Labute approximate surface area is 107 Å². The second-order valence-electron chi connectivity index (χ2n) is 5.59. The lowest BCUT2D eigenvalue weighted by Crippen LogP contribution is -2.42. The Hall–Kier alpha value is -0.0800. The summed E-state index contributed by atoms with van der Waals surface area (Å²) in [5.74, 6) is 0.769. The van der Waals surface area contributed by atoms with Gasteiger partial charge in [0, 0.05) is 18.6 Å². The Bertz CT molecular complexity index is 182. The predicted molar refractivity (Wildman–Crippen MR) is 72.3 cm³/mol. The molecule has 1 atom stereocenters. The van der Waals surface area contributed by atoms with E-state index in [1.807, 2.05) is 0 Å². The van der Waals surface area contributed by atoms with E-state index >= 15 is 0 Å². The first-order valence-electron chi connectivity index (χ1n) is 7.41. The van der Waals surface area contributed by atoms with Gasteiger partial charge in [-0.1, -0.05) is 40.0 Å². The van der Waals surface area contributed by atoms with E-state index in [0.29, 0.717) is 5.41 Å². The van der Waals surface area contributed by atoms with Crippen molar-refractivity contribution in [1.82, 2.24) is 0 Å². The molecule has 0 aliphatic carbocycles. The zero-order valence-electron chi connectivity index (χ0n) is 12.0. The third kappa shape index (κ3) is 4.97. The van der Waals surface area contributed by atoms with Crippen molar-refractivity contribution >= 4 is 0 Å². The molecule has 1 aliphatic heterocycles. The number of hydrogen-bond acceptors (Lipinski definition) is 2. The highest BCUT2D eigenvalue weighted by Gasteiger charge is 2.36. The summed E-state index contributed by atoms with van der Waals surface area (Å²) in [6.07, 6.45) is 7.62. The molecule has 1 aliphatic rings. The average molecular weight is 242 g/mol. The number of rotatable bonds is 10. The lowest BCUT2D eigenvalue weighted by Gasteiger charge is -2.40. The van der Waals surface area contributed by atoms with E-state index in [1.54, 1.807) is 0 Å². The number of hydrogen-bond donors (Lipinski definition) is 0. The van der Waals surface area contributed by atoms with Crippen molar-refractivity contribution in [2.75, 3.05) is 26.4 Å². The Kier molecular flexibility index (Phi) is 7.14. The van der Waals surface area contributed by atoms with Gasteiger partial charge in [0.05, 0.1) is 13.2 Å². The number of unbranched alkanes of at least 4 members (excludes halogenated alkanes) is 1. The van der Waals surface area contributed by atoms with Gasteiger partial charge in [0.1, 0.15) is 0 Å². The summed E-state index contributed by atoms with van der Waals surface area (Å²) in [5, 5.41) is 0. The highest BCUT2D eigenvalue weighted by molar-refractivity contribution is 4.83. The largest absolute Gasteiger partial charge is 0.381 e. The smallest absolute Gasteiger partial charge is 0.0545 e. The zero-order chi connectivity index (χ0) is 12.6. The van der Waals surface area contributed by atoms with E-state index < -0.39 is 0 Å². The van der Waals surface area contributed by atoms with Crippen LogP contribution in [0.15, 0.2) is 0 Å². The third-order valence-corrected chi connectivity index (χ3v) is 4.24. The van der Waals surface area contributed by atoms with E-state index in [2.05, 4.69) is 20.8 Å². The van der Waals surface area contributed by atoms with Gasteiger partial charge in [0.2, 0.25) is 0 Å². The van der Waals surface area contributed by atoms with Crippen LogP contribution in [0.5, 0.6) is 0 Å². The van der Waals surface area contributed by atoms with Gasteiger partial charge < -0.3 is 9.47 Å². The van der Waals surface area contributed by atoms with Gasteiger partial charge in [0.25, 0.3) is 0 Å². The minimum Gasteiger partial charge on any atom is -0.381 e. The van der Waals surface area contributed by atoms with Crippen molar-refractivity contribution in [1.29, 1.82) is 0 Å². The quantitative estimate of drug-likeness (QED) is 0.538. The molecule has 0 bridgehead atoms. The van der Waals surface area contributed by atoms with E-state index in [0.717, 1.165) is 32.3 Å². The molecular formula is C15H30O2. The highest BCUT2D eigenvalue weighted by atomic mass is 16.5. The third-order valence-electron chi connectivity index (χ3n) is 4.24. The van der Waals surface area contributed by atoms with Gasteiger partial charge in [-0.15, -0.1) is 0 Å². The normalized spacial score (nSPS) is 19.9. The second-order valence-corrected chi connectivity index (χ2v) is 5.59. The molecule has 1 rings (SSSR count). The molecule has 0 spiro atoms. The van der Waals surface area contributed by atoms with Gasteiger partial charge in [-0.2, -0.15) is 0 Å². The summed E-state index contributed by atoms with van der Waals surface area (Å²) < 4.78 is 11.2. The van der Waals surface area contributed by atoms with Crippen molar-refractivity contribution in [2.45, 2.75) is 59.3 Å². The standard InChI is InChI=1S/C15H30O2/c1-4-7-8-14(5-2)11-16-10-9-15(6-3)12-17-13-15/h14H,4-13H2,1-3H3. The molecule has 2 heteroatoms. The van der Waals surface area contributed by atoms with Crippen LogP contribution in [-0.2, 0) is 9.47 Å². The van der Waals surface area contributed by atoms with Crippen molar-refractivity contribution in [3.63, 3.8) is 0 Å². The molecular weight excluding hydrogens is 212 g/mol. The molecule has 17 heavy (non-hydrogen) atoms. The average Bonchev–Trinajstić information content (AvgIpc) is 2.31. The van der Waals surface area contributed by atoms with Crippen LogP contribution in [0.3, 0.4) is 0 Å². The fourth-order valence-corrected chi connectivity index (χ4v) is 2.35. The number of ether oxygens (including phenoxy) is 2. The Morgan fingerprint density at radius 3 is 2.47 bits per heavy atom. The molecule has 0 N–H and O–H groups in total. The summed E-state index contributed by atoms with van der Waals surface area (Å²) in [4.78, 5) is 0. The van der Waals surface area contributed by atoms with E-state index in [4.69, 9.17) is 9.47 Å². The van der Waals surface area contributed by atoms with Gasteiger partial charge in [0.15, 0.2) is 0 Å². The van der Waals surface area contributed by atoms with Crippen LogP contribution in [0.4, 0.5) is 0 Å².